The Labute approximate surface area is 136 Å². The highest BCUT2D eigenvalue weighted by atomic mass is 14.8. The van der Waals surface area contributed by atoms with Crippen LogP contribution in [-0.2, 0) is 12.8 Å². The van der Waals surface area contributed by atoms with Gasteiger partial charge in [-0.3, -0.25) is 0 Å². The quantitative estimate of drug-likeness (QED) is 0.560. The van der Waals surface area contributed by atoms with E-state index in [1.807, 2.05) is 13.1 Å². The lowest BCUT2D eigenvalue weighted by Gasteiger charge is -2.20. The summed E-state index contributed by atoms with van der Waals surface area (Å²) in [5.74, 6) is 0.492. The summed E-state index contributed by atoms with van der Waals surface area (Å²) in [6, 6.07) is 6.79. The molecule has 0 aromatic heterocycles. The van der Waals surface area contributed by atoms with Gasteiger partial charge in [0, 0.05) is 12.7 Å². The zero-order chi connectivity index (χ0) is 16.5. The van der Waals surface area contributed by atoms with Crippen LogP contribution in [0.2, 0.25) is 0 Å². The van der Waals surface area contributed by atoms with Crippen LogP contribution in [0, 0.1) is 5.92 Å². The van der Waals surface area contributed by atoms with Crippen LogP contribution in [0.25, 0.3) is 5.57 Å². The molecule has 0 saturated heterocycles. The second-order valence-electron chi connectivity index (χ2n) is 6.00. The van der Waals surface area contributed by atoms with E-state index in [2.05, 4.69) is 57.1 Å². The fourth-order valence-electron chi connectivity index (χ4n) is 2.84. The number of hydrogen-bond acceptors (Lipinski definition) is 1. The Hall–Kier alpha value is -1.76. The van der Waals surface area contributed by atoms with Crippen LogP contribution in [0.1, 0.15) is 49.8 Å². The van der Waals surface area contributed by atoms with Crippen LogP contribution in [0.4, 0.5) is 0 Å². The Kier molecular flexibility index (Phi) is 7.73. The average Bonchev–Trinajstić information content (AvgIpc) is 2.53. The summed E-state index contributed by atoms with van der Waals surface area (Å²) in [4.78, 5) is 0. The molecule has 1 atom stereocenters. The maximum absolute atomic E-state index is 4.17. The zero-order valence-corrected chi connectivity index (χ0v) is 14.5. The SMILES string of the molecule is C=CCCC(CCc1cc(CC)ccc1C(=C)C)C(=C)NC. The number of allylic oxidation sites excluding steroid dienone is 3. The van der Waals surface area contributed by atoms with Crippen molar-refractivity contribution in [1.29, 1.82) is 0 Å². The molecule has 22 heavy (non-hydrogen) atoms. The fourth-order valence-corrected chi connectivity index (χ4v) is 2.84. The first-order valence-corrected chi connectivity index (χ1v) is 8.28. The van der Waals surface area contributed by atoms with E-state index in [0.29, 0.717) is 5.92 Å². The first kappa shape index (κ1) is 18.3. The Morgan fingerprint density at radius 2 is 2.00 bits per heavy atom. The summed E-state index contributed by atoms with van der Waals surface area (Å²) < 4.78 is 0. The van der Waals surface area contributed by atoms with Gasteiger partial charge in [0.05, 0.1) is 0 Å². The van der Waals surface area contributed by atoms with E-state index in [4.69, 9.17) is 0 Å². The van der Waals surface area contributed by atoms with Crippen molar-refractivity contribution in [2.24, 2.45) is 5.92 Å². The van der Waals surface area contributed by atoms with Gasteiger partial charge in [0.15, 0.2) is 0 Å². The minimum absolute atomic E-state index is 0.492. The summed E-state index contributed by atoms with van der Waals surface area (Å²) in [5, 5.41) is 3.22. The smallest absolute Gasteiger partial charge is 0.00628 e. The molecule has 0 saturated carbocycles. The molecule has 1 unspecified atom stereocenters. The number of nitrogens with one attached hydrogen (secondary N) is 1. The van der Waals surface area contributed by atoms with E-state index in [-0.39, 0.29) is 0 Å². The monoisotopic (exact) mass is 297 g/mol. The maximum Gasteiger partial charge on any atom is 0.00628 e. The van der Waals surface area contributed by atoms with Gasteiger partial charge in [0.2, 0.25) is 0 Å². The van der Waals surface area contributed by atoms with Crippen LogP contribution in [0.15, 0.2) is 49.7 Å². The molecule has 1 nitrogen and oxygen atoms in total. The maximum atomic E-state index is 4.17. The standard InChI is InChI=1S/C21H31N/c1-7-9-10-19(17(5)22-6)12-13-20-15-18(8-2)11-14-21(20)16(3)4/h7,11,14-15,19,22H,1,3,5,8-10,12-13H2,2,4,6H3. The van der Waals surface area contributed by atoms with Gasteiger partial charge in [0.1, 0.15) is 0 Å². The molecule has 0 spiro atoms. The molecule has 1 aromatic rings. The minimum Gasteiger partial charge on any atom is -0.392 e. The molecule has 1 rings (SSSR count). The molecule has 0 amide bonds. The van der Waals surface area contributed by atoms with Gasteiger partial charge in [0.25, 0.3) is 0 Å². The minimum atomic E-state index is 0.492. The molecule has 0 aliphatic carbocycles. The van der Waals surface area contributed by atoms with Crippen molar-refractivity contribution < 1.29 is 0 Å². The first-order valence-electron chi connectivity index (χ1n) is 8.28. The van der Waals surface area contributed by atoms with Gasteiger partial charge in [-0.2, -0.15) is 0 Å². The lowest BCUT2D eigenvalue weighted by Crippen LogP contribution is -2.16. The third kappa shape index (κ3) is 5.22. The molecular weight excluding hydrogens is 266 g/mol. The highest BCUT2D eigenvalue weighted by Crippen LogP contribution is 2.25. The molecule has 120 valence electrons. The fraction of sp³-hybridized carbons (Fsp3) is 0.429. The van der Waals surface area contributed by atoms with Gasteiger partial charge >= 0.3 is 0 Å². The predicted octanol–water partition coefficient (Wildman–Crippen LogP) is 5.53. The summed E-state index contributed by atoms with van der Waals surface area (Å²) in [7, 11) is 1.96. The molecule has 1 N–H and O–H groups in total. The molecule has 0 heterocycles. The molecular formula is C21H31N. The van der Waals surface area contributed by atoms with Crippen molar-refractivity contribution in [3.8, 4) is 0 Å². The topological polar surface area (TPSA) is 12.0 Å². The van der Waals surface area contributed by atoms with E-state index in [1.54, 1.807) is 0 Å². The van der Waals surface area contributed by atoms with Crippen molar-refractivity contribution in [3.05, 3.63) is 66.4 Å². The van der Waals surface area contributed by atoms with Gasteiger partial charge < -0.3 is 5.32 Å². The van der Waals surface area contributed by atoms with Crippen molar-refractivity contribution >= 4 is 5.57 Å². The summed E-state index contributed by atoms with van der Waals surface area (Å²) in [6.07, 6.45) is 7.39. The molecule has 0 aliphatic rings. The van der Waals surface area contributed by atoms with Crippen molar-refractivity contribution in [1.82, 2.24) is 5.32 Å². The molecule has 0 fully saturated rings. The van der Waals surface area contributed by atoms with E-state index < -0.39 is 0 Å². The highest BCUT2D eigenvalue weighted by Gasteiger charge is 2.13. The Morgan fingerprint density at radius 1 is 1.27 bits per heavy atom. The van der Waals surface area contributed by atoms with Gasteiger partial charge in [-0.1, -0.05) is 49.9 Å². The van der Waals surface area contributed by atoms with Crippen molar-refractivity contribution in [3.63, 3.8) is 0 Å². The normalized spacial score (nSPS) is 11.8. The predicted molar refractivity (Wildman–Crippen MR) is 100.0 cm³/mol. The number of hydrogen-bond donors (Lipinski definition) is 1. The van der Waals surface area contributed by atoms with Crippen LogP contribution >= 0.6 is 0 Å². The second kappa shape index (κ2) is 9.30. The Morgan fingerprint density at radius 3 is 2.55 bits per heavy atom. The molecule has 0 bridgehead atoms. The molecule has 0 radical (unpaired) electrons. The summed E-state index contributed by atoms with van der Waals surface area (Å²) in [5.41, 5.74) is 6.39. The zero-order valence-electron chi connectivity index (χ0n) is 14.5. The van der Waals surface area contributed by atoms with Crippen LogP contribution in [-0.4, -0.2) is 7.05 Å². The van der Waals surface area contributed by atoms with E-state index in [9.17, 15) is 0 Å². The third-order valence-corrected chi connectivity index (χ3v) is 4.33. The Balaban J connectivity index is 2.88. The van der Waals surface area contributed by atoms with E-state index in [1.165, 1.54) is 16.7 Å². The van der Waals surface area contributed by atoms with Crippen molar-refractivity contribution in [2.75, 3.05) is 7.05 Å². The summed E-state index contributed by atoms with van der Waals surface area (Å²) in [6.45, 7) is 16.4. The van der Waals surface area contributed by atoms with Gasteiger partial charge in [-0.25, -0.2) is 0 Å². The van der Waals surface area contributed by atoms with Crippen LogP contribution in [0.5, 0.6) is 0 Å². The van der Waals surface area contributed by atoms with E-state index >= 15 is 0 Å². The largest absolute Gasteiger partial charge is 0.392 e. The number of rotatable bonds is 10. The Bertz CT molecular complexity index is 525. The van der Waals surface area contributed by atoms with Gasteiger partial charge in [-0.05, 0) is 61.6 Å². The lowest BCUT2D eigenvalue weighted by molar-refractivity contribution is 0.500. The molecule has 0 aliphatic heterocycles. The molecule has 1 heteroatoms. The third-order valence-electron chi connectivity index (χ3n) is 4.33. The first-order chi connectivity index (χ1) is 10.5. The lowest BCUT2D eigenvalue weighted by atomic mass is 9.89. The highest BCUT2D eigenvalue weighted by molar-refractivity contribution is 5.65. The van der Waals surface area contributed by atoms with Gasteiger partial charge in [-0.15, -0.1) is 6.58 Å². The second-order valence-corrected chi connectivity index (χ2v) is 6.00. The molecule has 1 aromatic carbocycles. The van der Waals surface area contributed by atoms with Crippen LogP contribution < -0.4 is 5.32 Å². The number of aryl methyl sites for hydroxylation is 2. The van der Waals surface area contributed by atoms with Crippen molar-refractivity contribution in [2.45, 2.75) is 46.0 Å². The average molecular weight is 297 g/mol. The summed E-state index contributed by atoms with van der Waals surface area (Å²) >= 11 is 0. The van der Waals surface area contributed by atoms with Crippen LogP contribution in [0.3, 0.4) is 0 Å². The van der Waals surface area contributed by atoms with E-state index in [0.717, 1.165) is 43.4 Å². The number of benzene rings is 1.